The molecule has 0 aliphatic heterocycles. The Hall–Kier alpha value is -2.39. The van der Waals surface area contributed by atoms with E-state index in [1.807, 2.05) is 0 Å². The maximum Gasteiger partial charge on any atom is 0.416 e. The van der Waals surface area contributed by atoms with Gasteiger partial charge in [0.15, 0.2) is 0 Å². The van der Waals surface area contributed by atoms with Crippen molar-refractivity contribution in [1.29, 1.82) is 5.26 Å². The number of alkyl halides is 3. The van der Waals surface area contributed by atoms with E-state index >= 15 is 0 Å². The van der Waals surface area contributed by atoms with Crippen LogP contribution in [0.25, 0.3) is 6.08 Å². The minimum atomic E-state index is -4.53. The van der Waals surface area contributed by atoms with E-state index in [-0.39, 0.29) is 11.1 Å². The monoisotopic (exact) mass is 307 g/mol. The molecule has 21 heavy (non-hydrogen) atoms. The Bertz CT molecular complexity index is 724. The number of carbonyl (C=O) groups excluding carboxylic acids is 1. The van der Waals surface area contributed by atoms with Crippen LogP contribution in [-0.2, 0) is 6.18 Å². The van der Waals surface area contributed by atoms with Crippen LogP contribution < -0.4 is 0 Å². The van der Waals surface area contributed by atoms with Gasteiger partial charge in [0.25, 0.3) is 0 Å². The standard InChI is InChI=1S/C15H8F3NOS/c16-15(17,18)12-4-1-3-10(7-12)14(20)11(9-19)8-13-5-2-6-21-13/h1-8H. The third-order valence-corrected chi connectivity index (χ3v) is 3.47. The third-order valence-electron chi connectivity index (χ3n) is 2.65. The molecule has 0 N–H and O–H groups in total. The summed E-state index contributed by atoms with van der Waals surface area (Å²) in [5.74, 6) is -0.725. The summed E-state index contributed by atoms with van der Waals surface area (Å²) in [6.45, 7) is 0. The van der Waals surface area contributed by atoms with Gasteiger partial charge in [-0.1, -0.05) is 18.2 Å². The molecule has 0 saturated carbocycles. The molecule has 6 heteroatoms. The number of halogens is 3. The van der Waals surface area contributed by atoms with E-state index in [0.717, 1.165) is 18.2 Å². The van der Waals surface area contributed by atoms with Gasteiger partial charge in [-0.05, 0) is 29.7 Å². The smallest absolute Gasteiger partial charge is 0.288 e. The number of nitriles is 1. The van der Waals surface area contributed by atoms with Crippen molar-refractivity contribution in [2.45, 2.75) is 6.18 Å². The van der Waals surface area contributed by atoms with Crippen LogP contribution >= 0.6 is 11.3 Å². The normalized spacial score (nSPS) is 12.0. The number of allylic oxidation sites excluding steroid dienone is 1. The highest BCUT2D eigenvalue weighted by atomic mass is 32.1. The lowest BCUT2D eigenvalue weighted by Crippen LogP contribution is -2.08. The predicted molar refractivity (Wildman–Crippen MR) is 73.7 cm³/mol. The molecule has 0 unspecified atom stereocenters. The van der Waals surface area contributed by atoms with Crippen LogP contribution in [-0.4, -0.2) is 5.78 Å². The van der Waals surface area contributed by atoms with Crippen molar-refractivity contribution >= 4 is 23.2 Å². The molecule has 0 fully saturated rings. The van der Waals surface area contributed by atoms with Crippen LogP contribution in [0.1, 0.15) is 20.8 Å². The summed E-state index contributed by atoms with van der Waals surface area (Å²) in [5.41, 5.74) is -1.27. The van der Waals surface area contributed by atoms with Gasteiger partial charge in [0.05, 0.1) is 5.56 Å². The number of carbonyl (C=O) groups is 1. The van der Waals surface area contributed by atoms with Gasteiger partial charge >= 0.3 is 6.18 Å². The molecule has 1 aromatic heterocycles. The van der Waals surface area contributed by atoms with E-state index in [0.29, 0.717) is 4.88 Å². The second kappa shape index (κ2) is 5.94. The molecule has 0 saturated heterocycles. The van der Waals surface area contributed by atoms with E-state index in [1.54, 1.807) is 23.6 Å². The van der Waals surface area contributed by atoms with Crippen molar-refractivity contribution in [2.75, 3.05) is 0 Å². The van der Waals surface area contributed by atoms with Crippen molar-refractivity contribution in [2.24, 2.45) is 0 Å². The molecule has 2 nitrogen and oxygen atoms in total. The van der Waals surface area contributed by atoms with Gasteiger partial charge in [-0.25, -0.2) is 0 Å². The Morgan fingerprint density at radius 3 is 2.57 bits per heavy atom. The molecule has 106 valence electrons. The van der Waals surface area contributed by atoms with Gasteiger partial charge in [-0.15, -0.1) is 11.3 Å². The summed E-state index contributed by atoms with van der Waals surface area (Å²) >= 11 is 1.33. The zero-order chi connectivity index (χ0) is 15.5. The largest absolute Gasteiger partial charge is 0.416 e. The Morgan fingerprint density at radius 2 is 2.00 bits per heavy atom. The first-order valence-corrected chi connectivity index (χ1v) is 6.67. The van der Waals surface area contributed by atoms with Crippen molar-refractivity contribution in [3.05, 3.63) is 63.4 Å². The molecule has 0 radical (unpaired) electrons. The topological polar surface area (TPSA) is 40.9 Å². The molecular weight excluding hydrogens is 299 g/mol. The predicted octanol–water partition coefficient (Wildman–Crippen LogP) is 4.56. The summed E-state index contributed by atoms with van der Waals surface area (Å²) in [4.78, 5) is 12.8. The second-order valence-electron chi connectivity index (χ2n) is 4.09. The van der Waals surface area contributed by atoms with Gasteiger partial charge < -0.3 is 0 Å². The van der Waals surface area contributed by atoms with Crippen molar-refractivity contribution < 1.29 is 18.0 Å². The molecule has 0 aliphatic rings. The van der Waals surface area contributed by atoms with Crippen LogP contribution in [0.2, 0.25) is 0 Å². The number of hydrogen-bond acceptors (Lipinski definition) is 3. The molecule has 1 aromatic carbocycles. The number of thiophene rings is 1. The van der Waals surface area contributed by atoms with Gasteiger partial charge in [0, 0.05) is 10.4 Å². The molecule has 2 aromatic rings. The highest BCUT2D eigenvalue weighted by Gasteiger charge is 2.31. The van der Waals surface area contributed by atoms with Gasteiger partial charge in [-0.3, -0.25) is 4.79 Å². The van der Waals surface area contributed by atoms with Crippen LogP contribution in [0, 0.1) is 11.3 Å². The zero-order valence-corrected chi connectivity index (χ0v) is 11.3. The lowest BCUT2D eigenvalue weighted by molar-refractivity contribution is -0.137. The first-order chi connectivity index (χ1) is 9.91. The van der Waals surface area contributed by atoms with Crippen molar-refractivity contribution in [1.82, 2.24) is 0 Å². The summed E-state index contributed by atoms with van der Waals surface area (Å²) in [7, 11) is 0. The van der Waals surface area contributed by atoms with Crippen molar-refractivity contribution in [3.63, 3.8) is 0 Å². The Balaban J connectivity index is 2.38. The molecule has 0 amide bonds. The summed E-state index contributed by atoms with van der Waals surface area (Å²) in [5, 5.41) is 10.8. The number of ketones is 1. The molecule has 2 rings (SSSR count). The van der Waals surface area contributed by atoms with E-state index in [4.69, 9.17) is 5.26 Å². The van der Waals surface area contributed by atoms with E-state index < -0.39 is 17.5 Å². The SMILES string of the molecule is N#CC(=Cc1cccs1)C(=O)c1cccc(C(F)(F)F)c1. The molecule has 0 spiro atoms. The maximum atomic E-state index is 12.6. The molecule has 0 atom stereocenters. The second-order valence-corrected chi connectivity index (χ2v) is 5.07. The number of Topliss-reactive ketones (excluding diaryl/α,β-unsaturated/α-hetero) is 1. The molecule has 0 bridgehead atoms. The summed E-state index contributed by atoms with van der Waals surface area (Å²) in [6, 6.07) is 9.24. The van der Waals surface area contributed by atoms with Crippen LogP contribution in [0.4, 0.5) is 13.2 Å². The highest BCUT2D eigenvalue weighted by molar-refractivity contribution is 7.10. The first kappa shape index (κ1) is 15.0. The molecular formula is C15H8F3NOS. The Kier molecular flexibility index (Phi) is 4.24. The fourth-order valence-electron chi connectivity index (χ4n) is 1.66. The highest BCUT2D eigenvalue weighted by Crippen LogP contribution is 2.30. The number of nitrogens with zero attached hydrogens (tertiary/aromatic N) is 1. The lowest BCUT2D eigenvalue weighted by atomic mass is 10.0. The fraction of sp³-hybridized carbons (Fsp3) is 0.0667. The van der Waals surface area contributed by atoms with Crippen molar-refractivity contribution in [3.8, 4) is 6.07 Å². The van der Waals surface area contributed by atoms with E-state index in [9.17, 15) is 18.0 Å². The van der Waals surface area contributed by atoms with Gasteiger partial charge in [0.2, 0.25) is 5.78 Å². The Labute approximate surface area is 122 Å². The minimum absolute atomic E-state index is 0.158. The van der Waals surface area contributed by atoms with Crippen LogP contribution in [0.5, 0.6) is 0 Å². The number of benzene rings is 1. The maximum absolute atomic E-state index is 12.6. The third kappa shape index (κ3) is 3.58. The molecule has 1 heterocycles. The quantitative estimate of drug-likeness (QED) is 0.474. The first-order valence-electron chi connectivity index (χ1n) is 5.79. The fourth-order valence-corrected chi connectivity index (χ4v) is 2.31. The Morgan fingerprint density at radius 1 is 1.24 bits per heavy atom. The number of rotatable bonds is 3. The zero-order valence-electron chi connectivity index (χ0n) is 10.5. The van der Waals surface area contributed by atoms with Crippen LogP contribution in [0.15, 0.2) is 47.4 Å². The van der Waals surface area contributed by atoms with Gasteiger partial charge in [-0.2, -0.15) is 18.4 Å². The minimum Gasteiger partial charge on any atom is -0.288 e. The van der Waals surface area contributed by atoms with Gasteiger partial charge in [0.1, 0.15) is 11.6 Å². The summed E-state index contributed by atoms with van der Waals surface area (Å²) in [6.07, 6.45) is -3.16. The summed E-state index contributed by atoms with van der Waals surface area (Å²) < 4.78 is 37.9. The van der Waals surface area contributed by atoms with Crippen LogP contribution in [0.3, 0.4) is 0 Å². The van der Waals surface area contributed by atoms with E-state index in [2.05, 4.69) is 0 Å². The lowest BCUT2D eigenvalue weighted by Gasteiger charge is -2.07. The average molecular weight is 307 g/mol. The number of hydrogen-bond donors (Lipinski definition) is 0. The average Bonchev–Trinajstić information content (AvgIpc) is 2.96. The molecule has 0 aliphatic carbocycles. The van der Waals surface area contributed by atoms with E-state index in [1.165, 1.54) is 23.5 Å².